The standard InChI is InChI=1S/C21H24N4O3/c1-2-24(18-12-13-25(20(18)27)17-6-4-3-5-7-17)21(28)23-14-15-8-10-16(11-9-15)19(22)26/h3-11,18H,2,12-14H2,1H3,(H2,22,26)(H,23,28). The minimum atomic E-state index is -0.490. The molecule has 28 heavy (non-hydrogen) atoms. The van der Waals surface area contributed by atoms with Crippen LogP contribution in [0.5, 0.6) is 0 Å². The van der Waals surface area contributed by atoms with E-state index in [0.717, 1.165) is 11.3 Å². The van der Waals surface area contributed by atoms with Gasteiger partial charge in [-0.1, -0.05) is 30.3 Å². The average Bonchev–Trinajstić information content (AvgIpc) is 3.09. The fourth-order valence-electron chi connectivity index (χ4n) is 3.39. The van der Waals surface area contributed by atoms with Crippen molar-refractivity contribution in [2.45, 2.75) is 25.9 Å². The van der Waals surface area contributed by atoms with Crippen molar-refractivity contribution in [1.82, 2.24) is 10.2 Å². The molecule has 1 atom stereocenters. The van der Waals surface area contributed by atoms with Gasteiger partial charge in [0.1, 0.15) is 6.04 Å². The van der Waals surface area contributed by atoms with Crippen LogP contribution in [0.1, 0.15) is 29.3 Å². The molecule has 2 aromatic rings. The molecule has 0 spiro atoms. The highest BCUT2D eigenvalue weighted by atomic mass is 16.2. The Morgan fingerprint density at radius 2 is 1.82 bits per heavy atom. The van der Waals surface area contributed by atoms with E-state index in [9.17, 15) is 14.4 Å². The van der Waals surface area contributed by atoms with E-state index in [4.69, 9.17) is 5.73 Å². The summed E-state index contributed by atoms with van der Waals surface area (Å²) in [5, 5.41) is 2.85. The number of benzene rings is 2. The zero-order chi connectivity index (χ0) is 20.1. The van der Waals surface area contributed by atoms with Crippen LogP contribution in [0, 0.1) is 0 Å². The van der Waals surface area contributed by atoms with Gasteiger partial charge in [0.25, 0.3) is 0 Å². The Morgan fingerprint density at radius 3 is 2.43 bits per heavy atom. The lowest BCUT2D eigenvalue weighted by molar-refractivity contribution is -0.120. The molecule has 146 valence electrons. The van der Waals surface area contributed by atoms with Crippen LogP contribution in [0.25, 0.3) is 0 Å². The van der Waals surface area contributed by atoms with E-state index in [1.54, 1.807) is 34.1 Å². The van der Waals surface area contributed by atoms with Gasteiger partial charge in [-0.2, -0.15) is 0 Å². The number of nitrogens with two attached hydrogens (primary N) is 1. The molecule has 7 nitrogen and oxygen atoms in total. The Morgan fingerprint density at radius 1 is 1.14 bits per heavy atom. The normalized spacial score (nSPS) is 16.1. The molecule has 1 fully saturated rings. The number of primary amides is 1. The van der Waals surface area contributed by atoms with E-state index >= 15 is 0 Å². The number of carbonyl (C=O) groups excluding carboxylic acids is 3. The second-order valence-electron chi connectivity index (χ2n) is 6.64. The number of hydrogen-bond acceptors (Lipinski definition) is 3. The van der Waals surface area contributed by atoms with Crippen LogP contribution < -0.4 is 16.0 Å². The molecule has 0 radical (unpaired) electrons. The summed E-state index contributed by atoms with van der Waals surface area (Å²) in [4.78, 5) is 39.9. The van der Waals surface area contributed by atoms with Crippen molar-refractivity contribution in [2.24, 2.45) is 5.73 Å². The second kappa shape index (κ2) is 8.56. The van der Waals surface area contributed by atoms with Crippen LogP contribution in [0.15, 0.2) is 54.6 Å². The number of nitrogens with zero attached hydrogens (tertiary/aromatic N) is 2. The van der Waals surface area contributed by atoms with Gasteiger partial charge in [0.05, 0.1) is 0 Å². The van der Waals surface area contributed by atoms with Gasteiger partial charge in [-0.3, -0.25) is 9.59 Å². The largest absolute Gasteiger partial charge is 0.366 e. The predicted molar refractivity (Wildman–Crippen MR) is 107 cm³/mol. The third-order valence-electron chi connectivity index (χ3n) is 4.91. The molecular weight excluding hydrogens is 356 g/mol. The summed E-state index contributed by atoms with van der Waals surface area (Å²) >= 11 is 0. The van der Waals surface area contributed by atoms with Crippen molar-refractivity contribution < 1.29 is 14.4 Å². The summed E-state index contributed by atoms with van der Waals surface area (Å²) in [5.41, 5.74) is 7.34. The number of rotatable bonds is 6. The van der Waals surface area contributed by atoms with Crippen molar-refractivity contribution in [2.75, 3.05) is 18.0 Å². The molecule has 1 heterocycles. The van der Waals surface area contributed by atoms with Gasteiger partial charge in [0.2, 0.25) is 11.8 Å². The third-order valence-corrected chi connectivity index (χ3v) is 4.91. The molecule has 0 aliphatic carbocycles. The quantitative estimate of drug-likeness (QED) is 0.803. The van der Waals surface area contributed by atoms with E-state index in [-0.39, 0.29) is 11.9 Å². The number of likely N-dealkylation sites (N-methyl/N-ethyl adjacent to an activating group) is 1. The molecule has 0 saturated carbocycles. The van der Waals surface area contributed by atoms with Crippen LogP contribution in [-0.2, 0) is 11.3 Å². The van der Waals surface area contributed by atoms with Crippen LogP contribution in [0.4, 0.5) is 10.5 Å². The molecule has 1 aliphatic heterocycles. The molecule has 2 aromatic carbocycles. The molecule has 3 N–H and O–H groups in total. The molecule has 0 bridgehead atoms. The van der Waals surface area contributed by atoms with Gasteiger partial charge in [-0.15, -0.1) is 0 Å². The summed E-state index contributed by atoms with van der Waals surface area (Å²) in [6, 6.07) is 15.5. The monoisotopic (exact) mass is 380 g/mol. The fourth-order valence-corrected chi connectivity index (χ4v) is 3.39. The SMILES string of the molecule is CCN(C(=O)NCc1ccc(C(N)=O)cc1)C1CCN(c2ccccc2)C1=O. The van der Waals surface area contributed by atoms with Gasteiger partial charge >= 0.3 is 6.03 Å². The first-order valence-corrected chi connectivity index (χ1v) is 9.31. The first kappa shape index (κ1) is 19.4. The molecule has 7 heteroatoms. The topological polar surface area (TPSA) is 95.7 Å². The minimum absolute atomic E-state index is 0.0611. The summed E-state index contributed by atoms with van der Waals surface area (Å²) in [6.07, 6.45) is 0.600. The van der Waals surface area contributed by atoms with E-state index in [1.807, 2.05) is 37.3 Å². The molecule has 1 unspecified atom stereocenters. The highest BCUT2D eigenvalue weighted by Crippen LogP contribution is 2.24. The van der Waals surface area contributed by atoms with Gasteiger partial charge in [0.15, 0.2) is 0 Å². The van der Waals surface area contributed by atoms with E-state index < -0.39 is 11.9 Å². The Balaban J connectivity index is 1.62. The minimum Gasteiger partial charge on any atom is -0.366 e. The zero-order valence-electron chi connectivity index (χ0n) is 15.8. The third kappa shape index (κ3) is 4.14. The fraction of sp³-hybridized carbons (Fsp3) is 0.286. The molecule has 1 saturated heterocycles. The Bertz CT molecular complexity index is 852. The number of anilines is 1. The number of para-hydroxylation sites is 1. The molecule has 3 rings (SSSR count). The van der Waals surface area contributed by atoms with Crippen LogP contribution in [0.2, 0.25) is 0 Å². The van der Waals surface area contributed by atoms with Crippen molar-refractivity contribution in [1.29, 1.82) is 0 Å². The highest BCUT2D eigenvalue weighted by Gasteiger charge is 2.38. The molecule has 0 aromatic heterocycles. The smallest absolute Gasteiger partial charge is 0.318 e. The average molecular weight is 380 g/mol. The maximum absolute atomic E-state index is 12.8. The number of nitrogens with one attached hydrogen (secondary N) is 1. The Labute approximate surface area is 164 Å². The Hall–Kier alpha value is -3.35. The number of amides is 4. The predicted octanol–water partition coefficient (Wildman–Crippen LogP) is 2.12. The summed E-state index contributed by atoms with van der Waals surface area (Å²) in [5.74, 6) is -0.551. The number of urea groups is 1. The van der Waals surface area contributed by atoms with Crippen molar-refractivity contribution in [3.05, 3.63) is 65.7 Å². The van der Waals surface area contributed by atoms with E-state index in [2.05, 4.69) is 5.32 Å². The second-order valence-corrected chi connectivity index (χ2v) is 6.64. The lowest BCUT2D eigenvalue weighted by Crippen LogP contribution is -2.49. The van der Waals surface area contributed by atoms with Gasteiger partial charge in [-0.25, -0.2) is 4.79 Å². The molecular formula is C21H24N4O3. The van der Waals surface area contributed by atoms with Crippen LogP contribution in [0.3, 0.4) is 0 Å². The van der Waals surface area contributed by atoms with Gasteiger partial charge in [-0.05, 0) is 43.2 Å². The van der Waals surface area contributed by atoms with E-state index in [1.165, 1.54) is 0 Å². The van der Waals surface area contributed by atoms with Crippen LogP contribution in [-0.4, -0.2) is 41.9 Å². The first-order chi connectivity index (χ1) is 13.5. The zero-order valence-corrected chi connectivity index (χ0v) is 15.8. The van der Waals surface area contributed by atoms with Crippen molar-refractivity contribution in [3.63, 3.8) is 0 Å². The highest BCUT2D eigenvalue weighted by molar-refractivity contribution is 6.01. The van der Waals surface area contributed by atoms with E-state index in [0.29, 0.717) is 31.6 Å². The summed E-state index contributed by atoms with van der Waals surface area (Å²) in [6.45, 7) is 3.19. The number of carbonyl (C=O) groups is 3. The lowest BCUT2D eigenvalue weighted by Gasteiger charge is -2.27. The lowest BCUT2D eigenvalue weighted by atomic mass is 10.1. The summed E-state index contributed by atoms with van der Waals surface area (Å²) < 4.78 is 0. The Kier molecular flexibility index (Phi) is 5.93. The van der Waals surface area contributed by atoms with Crippen LogP contribution >= 0.6 is 0 Å². The van der Waals surface area contributed by atoms with Crippen molar-refractivity contribution in [3.8, 4) is 0 Å². The molecule has 4 amide bonds. The van der Waals surface area contributed by atoms with Crippen molar-refractivity contribution >= 4 is 23.5 Å². The summed E-state index contributed by atoms with van der Waals surface area (Å²) in [7, 11) is 0. The first-order valence-electron chi connectivity index (χ1n) is 9.31. The van der Waals surface area contributed by atoms with Gasteiger partial charge < -0.3 is 20.9 Å². The maximum Gasteiger partial charge on any atom is 0.318 e. The number of hydrogen-bond donors (Lipinski definition) is 2. The maximum atomic E-state index is 12.8. The van der Waals surface area contributed by atoms with Gasteiger partial charge in [0, 0.05) is 30.9 Å². The molecule has 1 aliphatic rings.